The summed E-state index contributed by atoms with van der Waals surface area (Å²) >= 11 is 0. The molecule has 0 aliphatic carbocycles. The predicted octanol–water partition coefficient (Wildman–Crippen LogP) is 4.35. The van der Waals surface area contributed by atoms with Crippen molar-refractivity contribution in [3.63, 3.8) is 0 Å². The first-order valence-electron chi connectivity index (χ1n) is 6.67. The molecular formula is C17H19FO2. The van der Waals surface area contributed by atoms with Gasteiger partial charge in [0, 0.05) is 12.7 Å². The minimum Gasteiger partial charge on any atom is -0.493 e. The van der Waals surface area contributed by atoms with Crippen molar-refractivity contribution in [2.75, 3.05) is 13.7 Å². The van der Waals surface area contributed by atoms with Crippen LogP contribution in [-0.4, -0.2) is 13.7 Å². The van der Waals surface area contributed by atoms with Gasteiger partial charge in [-0.15, -0.1) is 0 Å². The Morgan fingerprint density at radius 1 is 1.10 bits per heavy atom. The van der Waals surface area contributed by atoms with Crippen LogP contribution in [0.15, 0.2) is 36.4 Å². The normalized spacial score (nSPS) is 10.6. The fraction of sp³-hybridized carbons (Fsp3) is 0.294. The Bertz CT molecular complexity index is 549. The zero-order chi connectivity index (χ0) is 14.5. The van der Waals surface area contributed by atoms with Gasteiger partial charge < -0.3 is 9.47 Å². The molecule has 2 aromatic rings. The van der Waals surface area contributed by atoms with Crippen molar-refractivity contribution in [3.8, 4) is 16.9 Å². The van der Waals surface area contributed by atoms with Crippen LogP contribution in [0.3, 0.4) is 0 Å². The molecule has 2 nitrogen and oxygen atoms in total. The highest BCUT2D eigenvalue weighted by molar-refractivity contribution is 5.74. The van der Waals surface area contributed by atoms with E-state index in [0.717, 1.165) is 28.0 Å². The van der Waals surface area contributed by atoms with Gasteiger partial charge in [-0.05, 0) is 48.7 Å². The van der Waals surface area contributed by atoms with Crippen molar-refractivity contribution in [2.45, 2.75) is 20.5 Å². The molecule has 0 amide bonds. The maximum Gasteiger partial charge on any atom is 0.127 e. The average Bonchev–Trinajstić information content (AvgIpc) is 2.41. The van der Waals surface area contributed by atoms with Crippen molar-refractivity contribution in [3.05, 3.63) is 53.3 Å². The number of aryl methyl sites for hydroxylation is 1. The topological polar surface area (TPSA) is 18.5 Å². The van der Waals surface area contributed by atoms with Gasteiger partial charge in [0.2, 0.25) is 0 Å². The lowest BCUT2D eigenvalue weighted by molar-refractivity contribution is 0.185. The van der Waals surface area contributed by atoms with E-state index in [9.17, 15) is 4.39 Å². The van der Waals surface area contributed by atoms with Crippen LogP contribution in [0.25, 0.3) is 11.1 Å². The molecule has 2 rings (SSSR count). The number of ether oxygens (including phenoxy) is 2. The Morgan fingerprint density at radius 3 is 2.40 bits per heavy atom. The predicted molar refractivity (Wildman–Crippen MR) is 78.5 cm³/mol. The zero-order valence-electron chi connectivity index (χ0n) is 12.1. The monoisotopic (exact) mass is 274 g/mol. The van der Waals surface area contributed by atoms with Crippen LogP contribution in [0.2, 0.25) is 0 Å². The Kier molecular flexibility index (Phi) is 4.74. The standard InChI is InChI=1S/C17H19FO2/c1-4-20-16-10-12(2)9-14(11-19-3)17(16)13-5-7-15(18)8-6-13/h5-10H,4,11H2,1-3H3. The Morgan fingerprint density at radius 2 is 1.80 bits per heavy atom. The second kappa shape index (κ2) is 6.53. The van der Waals surface area contributed by atoms with Crippen molar-refractivity contribution < 1.29 is 13.9 Å². The van der Waals surface area contributed by atoms with Gasteiger partial charge in [0.15, 0.2) is 0 Å². The summed E-state index contributed by atoms with van der Waals surface area (Å²) in [6.07, 6.45) is 0. The molecule has 0 aliphatic heterocycles. The molecule has 0 fully saturated rings. The molecule has 0 unspecified atom stereocenters. The van der Waals surface area contributed by atoms with Crippen LogP contribution in [-0.2, 0) is 11.3 Å². The first-order valence-corrected chi connectivity index (χ1v) is 6.67. The third kappa shape index (κ3) is 3.17. The fourth-order valence-electron chi connectivity index (χ4n) is 2.31. The molecule has 0 aliphatic rings. The van der Waals surface area contributed by atoms with Crippen LogP contribution in [0.1, 0.15) is 18.1 Å². The van der Waals surface area contributed by atoms with Crippen molar-refractivity contribution in [1.82, 2.24) is 0 Å². The third-order valence-electron chi connectivity index (χ3n) is 3.06. The molecule has 0 bridgehead atoms. The van der Waals surface area contributed by atoms with Crippen LogP contribution >= 0.6 is 0 Å². The Labute approximate surface area is 119 Å². The van der Waals surface area contributed by atoms with Crippen molar-refractivity contribution in [1.29, 1.82) is 0 Å². The van der Waals surface area contributed by atoms with Crippen LogP contribution in [0.5, 0.6) is 5.75 Å². The first-order chi connectivity index (χ1) is 9.65. The number of hydrogen-bond donors (Lipinski definition) is 0. The number of methoxy groups -OCH3 is 1. The number of hydrogen-bond acceptors (Lipinski definition) is 2. The molecular weight excluding hydrogens is 255 g/mol. The lowest BCUT2D eigenvalue weighted by Gasteiger charge is -2.16. The molecule has 0 N–H and O–H groups in total. The smallest absolute Gasteiger partial charge is 0.127 e. The van der Waals surface area contributed by atoms with Gasteiger partial charge in [0.25, 0.3) is 0 Å². The van der Waals surface area contributed by atoms with Crippen molar-refractivity contribution >= 4 is 0 Å². The molecule has 0 atom stereocenters. The summed E-state index contributed by atoms with van der Waals surface area (Å²) in [5, 5.41) is 0. The van der Waals surface area contributed by atoms with Crippen LogP contribution in [0, 0.1) is 12.7 Å². The van der Waals surface area contributed by atoms with Crippen LogP contribution < -0.4 is 4.74 Å². The Hall–Kier alpha value is -1.87. The van der Waals surface area contributed by atoms with Gasteiger partial charge >= 0.3 is 0 Å². The fourth-order valence-corrected chi connectivity index (χ4v) is 2.31. The van der Waals surface area contributed by atoms with E-state index in [0.29, 0.717) is 13.2 Å². The van der Waals surface area contributed by atoms with E-state index < -0.39 is 0 Å². The number of benzene rings is 2. The molecule has 3 heteroatoms. The number of rotatable bonds is 5. The quantitative estimate of drug-likeness (QED) is 0.807. The molecule has 0 saturated carbocycles. The van der Waals surface area contributed by atoms with E-state index in [2.05, 4.69) is 6.07 Å². The molecule has 20 heavy (non-hydrogen) atoms. The highest BCUT2D eigenvalue weighted by Crippen LogP contribution is 2.35. The minimum atomic E-state index is -0.243. The van der Waals surface area contributed by atoms with Gasteiger partial charge in [-0.25, -0.2) is 4.39 Å². The SMILES string of the molecule is CCOc1cc(C)cc(COC)c1-c1ccc(F)cc1. The summed E-state index contributed by atoms with van der Waals surface area (Å²) in [7, 11) is 1.66. The summed E-state index contributed by atoms with van der Waals surface area (Å²) in [6, 6.07) is 10.5. The highest BCUT2D eigenvalue weighted by Gasteiger charge is 2.13. The van der Waals surface area contributed by atoms with E-state index in [1.807, 2.05) is 19.9 Å². The largest absolute Gasteiger partial charge is 0.493 e. The maximum absolute atomic E-state index is 13.1. The van der Waals surface area contributed by atoms with Gasteiger partial charge in [0.1, 0.15) is 11.6 Å². The van der Waals surface area contributed by atoms with E-state index in [1.165, 1.54) is 12.1 Å². The van der Waals surface area contributed by atoms with Gasteiger partial charge in [-0.2, -0.15) is 0 Å². The van der Waals surface area contributed by atoms with Gasteiger partial charge in [-0.3, -0.25) is 0 Å². The molecule has 0 radical (unpaired) electrons. The molecule has 2 aromatic carbocycles. The Balaban J connectivity index is 2.59. The maximum atomic E-state index is 13.1. The second-order valence-electron chi connectivity index (χ2n) is 4.67. The van der Waals surface area contributed by atoms with Gasteiger partial charge in [-0.1, -0.05) is 18.2 Å². The van der Waals surface area contributed by atoms with E-state index in [1.54, 1.807) is 19.2 Å². The molecule has 0 aromatic heterocycles. The molecule has 106 valence electrons. The summed E-state index contributed by atoms with van der Waals surface area (Å²) in [5.41, 5.74) is 4.06. The first kappa shape index (κ1) is 14.5. The second-order valence-corrected chi connectivity index (χ2v) is 4.67. The molecule has 0 spiro atoms. The van der Waals surface area contributed by atoms with E-state index in [-0.39, 0.29) is 5.82 Å². The third-order valence-corrected chi connectivity index (χ3v) is 3.06. The lowest BCUT2D eigenvalue weighted by atomic mass is 9.97. The van der Waals surface area contributed by atoms with E-state index >= 15 is 0 Å². The molecule has 0 saturated heterocycles. The zero-order valence-corrected chi connectivity index (χ0v) is 12.1. The lowest BCUT2D eigenvalue weighted by Crippen LogP contribution is -2.00. The summed E-state index contributed by atoms with van der Waals surface area (Å²) in [4.78, 5) is 0. The van der Waals surface area contributed by atoms with E-state index in [4.69, 9.17) is 9.47 Å². The minimum absolute atomic E-state index is 0.243. The summed E-state index contributed by atoms with van der Waals surface area (Å²) in [6.45, 7) is 5.06. The van der Waals surface area contributed by atoms with Gasteiger partial charge in [0.05, 0.1) is 13.2 Å². The van der Waals surface area contributed by atoms with Crippen molar-refractivity contribution in [2.24, 2.45) is 0 Å². The summed E-state index contributed by atoms with van der Waals surface area (Å²) in [5.74, 6) is 0.568. The average molecular weight is 274 g/mol. The summed E-state index contributed by atoms with van der Waals surface area (Å²) < 4.78 is 24.1. The number of halogens is 1. The van der Waals surface area contributed by atoms with Crippen LogP contribution in [0.4, 0.5) is 4.39 Å². The highest BCUT2D eigenvalue weighted by atomic mass is 19.1. The molecule has 0 heterocycles.